The van der Waals surface area contributed by atoms with Gasteiger partial charge >= 0.3 is 0 Å². The molecule has 0 radical (unpaired) electrons. The number of rotatable bonds is 7. The van der Waals surface area contributed by atoms with Crippen molar-refractivity contribution in [3.63, 3.8) is 0 Å². The first kappa shape index (κ1) is 19.4. The van der Waals surface area contributed by atoms with Crippen molar-refractivity contribution in [3.8, 4) is 0 Å². The summed E-state index contributed by atoms with van der Waals surface area (Å²) in [4.78, 5) is 4.61. The predicted octanol–water partition coefficient (Wildman–Crippen LogP) is 2.36. The first-order valence-electron chi connectivity index (χ1n) is 9.19. The summed E-state index contributed by atoms with van der Waals surface area (Å²) >= 11 is 0. The molecule has 0 unspecified atom stereocenters. The Labute approximate surface area is 147 Å². The molecule has 136 valence electrons. The number of nitrogens with zero attached hydrogens (tertiary/aromatic N) is 2. The van der Waals surface area contributed by atoms with Crippen LogP contribution < -0.4 is 0 Å². The Morgan fingerprint density at radius 2 is 1.83 bits per heavy atom. The highest BCUT2D eigenvalue weighted by molar-refractivity contribution is 5.31. The third-order valence-corrected chi connectivity index (χ3v) is 5.20. The van der Waals surface area contributed by atoms with E-state index in [0.29, 0.717) is 12.5 Å². The number of likely N-dealkylation sites (tertiary alicyclic amines) is 1. The lowest BCUT2D eigenvalue weighted by molar-refractivity contribution is 0.0806. The van der Waals surface area contributed by atoms with Gasteiger partial charge < -0.3 is 20.0 Å². The molecule has 2 N–H and O–H groups in total. The van der Waals surface area contributed by atoms with Crippen LogP contribution in [0, 0.1) is 19.8 Å². The SMILES string of the molecule is Cc1ccc([C@@H](O)CN(C)CC2CCN(C[C@H](C)O)CC2)cc1C. The second-order valence-corrected chi connectivity index (χ2v) is 7.67. The molecule has 1 aliphatic heterocycles. The van der Waals surface area contributed by atoms with E-state index in [-0.39, 0.29) is 6.10 Å². The van der Waals surface area contributed by atoms with E-state index in [4.69, 9.17) is 0 Å². The highest BCUT2D eigenvalue weighted by Crippen LogP contribution is 2.21. The van der Waals surface area contributed by atoms with E-state index in [0.717, 1.165) is 31.7 Å². The lowest BCUT2D eigenvalue weighted by Gasteiger charge is -2.34. The van der Waals surface area contributed by atoms with Crippen molar-refractivity contribution in [1.29, 1.82) is 0 Å². The Hall–Kier alpha value is -0.940. The van der Waals surface area contributed by atoms with Crippen LogP contribution in [0.4, 0.5) is 0 Å². The fourth-order valence-corrected chi connectivity index (χ4v) is 3.61. The number of likely N-dealkylation sites (N-methyl/N-ethyl adjacent to an activating group) is 1. The number of aryl methyl sites for hydroxylation is 2. The van der Waals surface area contributed by atoms with Crippen LogP contribution in [-0.4, -0.2) is 65.9 Å². The summed E-state index contributed by atoms with van der Waals surface area (Å²) in [5.74, 6) is 0.687. The smallest absolute Gasteiger partial charge is 0.0916 e. The maximum atomic E-state index is 10.5. The van der Waals surface area contributed by atoms with Crippen molar-refractivity contribution in [2.24, 2.45) is 5.92 Å². The van der Waals surface area contributed by atoms with Crippen LogP contribution in [-0.2, 0) is 0 Å². The van der Waals surface area contributed by atoms with Crippen LogP contribution in [0.15, 0.2) is 18.2 Å². The maximum Gasteiger partial charge on any atom is 0.0916 e. The van der Waals surface area contributed by atoms with Gasteiger partial charge in [0.15, 0.2) is 0 Å². The zero-order valence-corrected chi connectivity index (χ0v) is 15.7. The number of hydrogen-bond acceptors (Lipinski definition) is 4. The molecular formula is C20H34N2O2. The monoisotopic (exact) mass is 334 g/mol. The Balaban J connectivity index is 1.77. The Morgan fingerprint density at radius 3 is 2.42 bits per heavy atom. The highest BCUT2D eigenvalue weighted by atomic mass is 16.3. The summed E-state index contributed by atoms with van der Waals surface area (Å²) in [5, 5.41) is 20.0. The normalized spacial score (nSPS) is 19.6. The number of β-amino-alcohol motifs (C(OH)–C–C–N with tert-alkyl or cyclic N) is 1. The number of aliphatic hydroxyl groups excluding tert-OH is 2. The van der Waals surface area contributed by atoms with Crippen LogP contribution in [0.25, 0.3) is 0 Å². The summed E-state index contributed by atoms with van der Waals surface area (Å²) in [6, 6.07) is 6.23. The van der Waals surface area contributed by atoms with Crippen molar-refractivity contribution < 1.29 is 10.2 Å². The van der Waals surface area contributed by atoms with Gasteiger partial charge in [-0.2, -0.15) is 0 Å². The molecule has 0 saturated carbocycles. The molecule has 2 rings (SSSR count). The summed E-state index contributed by atoms with van der Waals surface area (Å²) in [6.07, 6.45) is 1.69. The number of aliphatic hydroxyl groups is 2. The van der Waals surface area contributed by atoms with E-state index in [1.165, 1.54) is 24.0 Å². The molecule has 0 aromatic heterocycles. The molecule has 1 saturated heterocycles. The van der Waals surface area contributed by atoms with Gasteiger partial charge in [0, 0.05) is 19.6 Å². The Morgan fingerprint density at radius 1 is 1.17 bits per heavy atom. The lowest BCUT2D eigenvalue weighted by atomic mass is 9.95. The number of hydrogen-bond donors (Lipinski definition) is 2. The quantitative estimate of drug-likeness (QED) is 0.804. The van der Waals surface area contributed by atoms with Gasteiger partial charge in [-0.3, -0.25) is 0 Å². The van der Waals surface area contributed by atoms with Gasteiger partial charge in [-0.25, -0.2) is 0 Å². The summed E-state index contributed by atoms with van der Waals surface area (Å²) in [7, 11) is 2.10. The van der Waals surface area contributed by atoms with E-state index in [1.807, 2.05) is 13.0 Å². The molecule has 2 atom stereocenters. The van der Waals surface area contributed by atoms with E-state index in [1.54, 1.807) is 0 Å². The van der Waals surface area contributed by atoms with Crippen LogP contribution >= 0.6 is 0 Å². The predicted molar refractivity (Wildman–Crippen MR) is 99.2 cm³/mol. The van der Waals surface area contributed by atoms with Gasteiger partial charge in [0.2, 0.25) is 0 Å². The molecule has 1 aromatic carbocycles. The molecule has 24 heavy (non-hydrogen) atoms. The summed E-state index contributed by atoms with van der Waals surface area (Å²) in [5.41, 5.74) is 3.51. The van der Waals surface area contributed by atoms with Gasteiger partial charge in [-0.1, -0.05) is 18.2 Å². The van der Waals surface area contributed by atoms with Gasteiger partial charge in [-0.15, -0.1) is 0 Å². The largest absolute Gasteiger partial charge is 0.392 e. The van der Waals surface area contributed by atoms with Crippen LogP contribution in [0.1, 0.15) is 42.6 Å². The number of piperidine rings is 1. The standard InChI is InChI=1S/C20H34N2O2/c1-15-5-6-19(11-16(15)2)20(24)14-21(4)13-18-7-9-22(10-8-18)12-17(3)23/h5-6,11,17-18,20,23-24H,7-10,12-14H2,1-4H3/t17-,20-/m0/s1. The minimum absolute atomic E-state index is 0.239. The molecule has 1 aromatic rings. The first-order valence-corrected chi connectivity index (χ1v) is 9.19. The Bertz CT molecular complexity index is 510. The maximum absolute atomic E-state index is 10.5. The molecule has 1 fully saturated rings. The van der Waals surface area contributed by atoms with Gasteiger partial charge in [-0.05, 0) is 76.4 Å². The summed E-state index contributed by atoms with van der Waals surface area (Å²) < 4.78 is 0. The van der Waals surface area contributed by atoms with Crippen molar-refractivity contribution in [2.75, 3.05) is 39.8 Å². The topological polar surface area (TPSA) is 46.9 Å². The molecule has 0 bridgehead atoms. The minimum Gasteiger partial charge on any atom is -0.392 e. The molecule has 0 amide bonds. The minimum atomic E-state index is -0.426. The van der Waals surface area contributed by atoms with Crippen LogP contribution in [0.5, 0.6) is 0 Å². The summed E-state index contributed by atoms with van der Waals surface area (Å²) in [6.45, 7) is 10.7. The molecule has 4 heteroatoms. The van der Waals surface area contributed by atoms with Gasteiger partial charge in [0.1, 0.15) is 0 Å². The highest BCUT2D eigenvalue weighted by Gasteiger charge is 2.22. The van der Waals surface area contributed by atoms with Crippen molar-refractivity contribution in [1.82, 2.24) is 9.80 Å². The molecule has 1 heterocycles. The van der Waals surface area contributed by atoms with Crippen LogP contribution in [0.3, 0.4) is 0 Å². The third-order valence-electron chi connectivity index (χ3n) is 5.20. The molecule has 1 aliphatic rings. The van der Waals surface area contributed by atoms with Crippen molar-refractivity contribution in [2.45, 2.75) is 45.8 Å². The second-order valence-electron chi connectivity index (χ2n) is 7.67. The zero-order chi connectivity index (χ0) is 17.7. The third kappa shape index (κ3) is 5.85. The lowest BCUT2D eigenvalue weighted by Crippen LogP contribution is -2.41. The second kappa shape index (κ2) is 8.95. The molecular weight excluding hydrogens is 300 g/mol. The average Bonchev–Trinajstić information content (AvgIpc) is 2.51. The number of benzene rings is 1. The van der Waals surface area contributed by atoms with E-state index < -0.39 is 6.10 Å². The van der Waals surface area contributed by atoms with Gasteiger partial charge in [0.25, 0.3) is 0 Å². The Kier molecular flexibility index (Phi) is 7.23. The van der Waals surface area contributed by atoms with Crippen molar-refractivity contribution in [3.05, 3.63) is 34.9 Å². The van der Waals surface area contributed by atoms with Crippen molar-refractivity contribution >= 4 is 0 Å². The van der Waals surface area contributed by atoms with Gasteiger partial charge in [0.05, 0.1) is 12.2 Å². The average molecular weight is 335 g/mol. The van der Waals surface area contributed by atoms with E-state index in [9.17, 15) is 10.2 Å². The molecule has 0 aliphatic carbocycles. The zero-order valence-electron chi connectivity index (χ0n) is 15.7. The van der Waals surface area contributed by atoms with E-state index in [2.05, 4.69) is 42.8 Å². The molecule has 0 spiro atoms. The molecule has 4 nitrogen and oxygen atoms in total. The van der Waals surface area contributed by atoms with Crippen LogP contribution in [0.2, 0.25) is 0 Å². The fourth-order valence-electron chi connectivity index (χ4n) is 3.61. The fraction of sp³-hybridized carbons (Fsp3) is 0.700. The van der Waals surface area contributed by atoms with E-state index >= 15 is 0 Å². The first-order chi connectivity index (χ1) is 11.3.